The Balaban J connectivity index is 2.39. The second kappa shape index (κ2) is 3.91. The molecule has 1 N–H and O–H groups in total. The van der Waals surface area contributed by atoms with Crippen LogP contribution in [-0.2, 0) is 0 Å². The van der Waals surface area contributed by atoms with E-state index in [9.17, 15) is 8.78 Å². The van der Waals surface area contributed by atoms with Gasteiger partial charge in [0.1, 0.15) is 0 Å². The van der Waals surface area contributed by atoms with E-state index in [2.05, 4.69) is 26.1 Å². The number of halogens is 2. The molecule has 1 aliphatic rings. The third-order valence-electron chi connectivity index (χ3n) is 2.85. The quantitative estimate of drug-likeness (QED) is 0.672. The first-order valence-corrected chi connectivity index (χ1v) is 4.93. The molecule has 2 atom stereocenters. The molecule has 1 rings (SSSR count). The van der Waals surface area contributed by atoms with Crippen LogP contribution >= 0.6 is 0 Å². The van der Waals surface area contributed by atoms with Gasteiger partial charge in [-0.1, -0.05) is 20.8 Å². The summed E-state index contributed by atoms with van der Waals surface area (Å²) in [6, 6.07) is 0.391. The highest BCUT2D eigenvalue weighted by molar-refractivity contribution is 4.86. The molecule has 0 aromatic rings. The summed E-state index contributed by atoms with van der Waals surface area (Å²) in [5.41, 5.74) is 0.188. The van der Waals surface area contributed by atoms with Crippen molar-refractivity contribution < 1.29 is 8.78 Å². The first-order valence-electron chi connectivity index (χ1n) is 4.93. The second-order valence-corrected chi connectivity index (χ2v) is 5.00. The van der Waals surface area contributed by atoms with Gasteiger partial charge in [0.05, 0.1) is 0 Å². The highest BCUT2D eigenvalue weighted by Gasteiger charge is 2.32. The van der Waals surface area contributed by atoms with Crippen molar-refractivity contribution in [1.29, 1.82) is 0 Å². The van der Waals surface area contributed by atoms with Gasteiger partial charge in [0.15, 0.2) is 0 Å². The predicted octanol–water partition coefficient (Wildman–Crippen LogP) is 2.67. The SMILES string of the molecule is CC(C)(C)C1CCC(C(F)F)CN1. The van der Waals surface area contributed by atoms with Crippen LogP contribution in [0.5, 0.6) is 0 Å². The highest BCUT2D eigenvalue weighted by atomic mass is 19.3. The zero-order valence-electron chi connectivity index (χ0n) is 8.61. The molecule has 3 heteroatoms. The maximum absolute atomic E-state index is 12.3. The van der Waals surface area contributed by atoms with Crippen LogP contribution in [0.3, 0.4) is 0 Å². The van der Waals surface area contributed by atoms with Gasteiger partial charge in [-0.15, -0.1) is 0 Å². The molecule has 1 fully saturated rings. The molecule has 0 saturated carbocycles. The van der Waals surface area contributed by atoms with Gasteiger partial charge in [0, 0.05) is 18.5 Å². The molecule has 1 saturated heterocycles. The van der Waals surface area contributed by atoms with E-state index >= 15 is 0 Å². The molecule has 0 aromatic carbocycles. The lowest BCUT2D eigenvalue weighted by molar-refractivity contribution is 0.0455. The van der Waals surface area contributed by atoms with Crippen molar-refractivity contribution in [2.24, 2.45) is 11.3 Å². The zero-order chi connectivity index (χ0) is 10.1. The number of alkyl halides is 2. The van der Waals surface area contributed by atoms with Gasteiger partial charge in [-0.2, -0.15) is 0 Å². The normalized spacial score (nSPS) is 30.9. The molecule has 13 heavy (non-hydrogen) atoms. The minimum Gasteiger partial charge on any atom is -0.313 e. The fraction of sp³-hybridized carbons (Fsp3) is 1.00. The van der Waals surface area contributed by atoms with Crippen molar-refractivity contribution in [2.75, 3.05) is 6.54 Å². The molecule has 0 bridgehead atoms. The van der Waals surface area contributed by atoms with Crippen molar-refractivity contribution >= 4 is 0 Å². The van der Waals surface area contributed by atoms with Gasteiger partial charge >= 0.3 is 0 Å². The van der Waals surface area contributed by atoms with Crippen LogP contribution < -0.4 is 5.32 Å². The molecule has 1 nitrogen and oxygen atoms in total. The van der Waals surface area contributed by atoms with Crippen LogP contribution in [0.25, 0.3) is 0 Å². The molecule has 0 radical (unpaired) electrons. The molecular weight excluding hydrogens is 172 g/mol. The molecule has 2 unspecified atom stereocenters. The van der Waals surface area contributed by atoms with Crippen LogP contribution in [0.2, 0.25) is 0 Å². The Morgan fingerprint density at radius 2 is 1.85 bits per heavy atom. The third kappa shape index (κ3) is 2.90. The first-order chi connectivity index (χ1) is 5.91. The van der Waals surface area contributed by atoms with E-state index in [1.165, 1.54) is 0 Å². The minimum atomic E-state index is -2.16. The summed E-state index contributed by atoms with van der Waals surface area (Å²) in [5, 5.41) is 3.21. The Bertz CT molecular complexity index is 155. The summed E-state index contributed by atoms with van der Waals surface area (Å²) in [4.78, 5) is 0. The molecule has 0 aliphatic carbocycles. The number of piperidine rings is 1. The van der Waals surface area contributed by atoms with Crippen molar-refractivity contribution in [1.82, 2.24) is 5.32 Å². The van der Waals surface area contributed by atoms with Crippen LogP contribution in [-0.4, -0.2) is 19.0 Å². The monoisotopic (exact) mass is 191 g/mol. The Kier molecular flexibility index (Phi) is 3.28. The molecule has 0 amide bonds. The first kappa shape index (κ1) is 10.9. The Hall–Kier alpha value is -0.180. The van der Waals surface area contributed by atoms with Crippen LogP contribution in [0.15, 0.2) is 0 Å². The van der Waals surface area contributed by atoms with Crippen molar-refractivity contribution in [3.63, 3.8) is 0 Å². The number of nitrogens with one attached hydrogen (secondary N) is 1. The van der Waals surface area contributed by atoms with Gasteiger partial charge in [-0.25, -0.2) is 8.78 Å². The Morgan fingerprint density at radius 3 is 2.15 bits per heavy atom. The summed E-state index contributed by atoms with van der Waals surface area (Å²) >= 11 is 0. The van der Waals surface area contributed by atoms with Crippen LogP contribution in [0.4, 0.5) is 8.78 Å². The van der Waals surface area contributed by atoms with Crippen molar-refractivity contribution in [3.8, 4) is 0 Å². The Labute approximate surface area is 78.9 Å². The highest BCUT2D eigenvalue weighted by Crippen LogP contribution is 2.29. The van der Waals surface area contributed by atoms with E-state index < -0.39 is 12.3 Å². The second-order valence-electron chi connectivity index (χ2n) is 5.00. The van der Waals surface area contributed by atoms with E-state index in [1.54, 1.807) is 0 Å². The third-order valence-corrected chi connectivity index (χ3v) is 2.85. The molecule has 0 aromatic heterocycles. The van der Waals surface area contributed by atoms with Gasteiger partial charge in [0.25, 0.3) is 0 Å². The standard InChI is InChI=1S/C10H19F2N/c1-10(2,3)8-5-4-7(6-13-8)9(11)12/h7-9,13H,4-6H2,1-3H3. The van der Waals surface area contributed by atoms with Crippen molar-refractivity contribution in [3.05, 3.63) is 0 Å². The van der Waals surface area contributed by atoms with Crippen LogP contribution in [0.1, 0.15) is 33.6 Å². The fourth-order valence-electron chi connectivity index (χ4n) is 1.83. The maximum Gasteiger partial charge on any atom is 0.242 e. The Morgan fingerprint density at radius 1 is 1.23 bits per heavy atom. The van der Waals surface area contributed by atoms with Gasteiger partial charge in [0.2, 0.25) is 6.43 Å². The summed E-state index contributed by atoms with van der Waals surface area (Å²) in [5.74, 6) is -0.432. The lowest BCUT2D eigenvalue weighted by atomic mass is 9.80. The maximum atomic E-state index is 12.3. The average Bonchev–Trinajstić information content (AvgIpc) is 2.03. The van der Waals surface area contributed by atoms with Gasteiger partial charge in [-0.05, 0) is 18.3 Å². The van der Waals surface area contributed by atoms with Gasteiger partial charge < -0.3 is 5.32 Å². The predicted molar refractivity (Wildman–Crippen MR) is 50.0 cm³/mol. The van der Waals surface area contributed by atoms with Gasteiger partial charge in [-0.3, -0.25) is 0 Å². The van der Waals surface area contributed by atoms with E-state index in [0.717, 1.165) is 6.42 Å². The average molecular weight is 191 g/mol. The largest absolute Gasteiger partial charge is 0.313 e. The number of rotatable bonds is 1. The van der Waals surface area contributed by atoms with E-state index in [-0.39, 0.29) is 5.41 Å². The smallest absolute Gasteiger partial charge is 0.242 e. The van der Waals surface area contributed by atoms with E-state index in [1.807, 2.05) is 0 Å². The summed E-state index contributed by atoms with van der Waals surface area (Å²) in [7, 11) is 0. The summed E-state index contributed by atoms with van der Waals surface area (Å²) < 4.78 is 24.6. The zero-order valence-corrected chi connectivity index (χ0v) is 8.61. The lowest BCUT2D eigenvalue weighted by Gasteiger charge is -2.37. The minimum absolute atomic E-state index is 0.188. The lowest BCUT2D eigenvalue weighted by Crippen LogP contribution is -2.47. The molecule has 0 spiro atoms. The number of hydrogen-bond acceptors (Lipinski definition) is 1. The summed E-state index contributed by atoms with van der Waals surface area (Å²) in [6.45, 7) is 6.91. The molecule has 78 valence electrons. The topological polar surface area (TPSA) is 12.0 Å². The molecule has 1 aliphatic heterocycles. The molecule has 1 heterocycles. The van der Waals surface area contributed by atoms with Crippen LogP contribution in [0, 0.1) is 11.3 Å². The van der Waals surface area contributed by atoms with E-state index in [0.29, 0.717) is 19.0 Å². The molecular formula is C10H19F2N. The van der Waals surface area contributed by atoms with Crippen molar-refractivity contribution in [2.45, 2.75) is 46.1 Å². The fourth-order valence-corrected chi connectivity index (χ4v) is 1.83. The van der Waals surface area contributed by atoms with E-state index in [4.69, 9.17) is 0 Å². The number of hydrogen-bond donors (Lipinski definition) is 1. The summed E-state index contributed by atoms with van der Waals surface area (Å²) in [6.07, 6.45) is -0.626.